The Labute approximate surface area is 179 Å². The first kappa shape index (κ1) is 17.6. The average Bonchev–Trinajstić information content (AvgIpc) is 3.49. The molecule has 0 unspecified atom stereocenters. The van der Waals surface area contributed by atoms with E-state index in [1.807, 2.05) is 56.7 Å². The SMILES string of the molecule is c1csc(C(c2cccs2)c2ccc(C(c3cccs3)c3cccs3)s2)c1. The van der Waals surface area contributed by atoms with E-state index < -0.39 is 0 Å². The van der Waals surface area contributed by atoms with Gasteiger partial charge in [0.15, 0.2) is 0 Å². The van der Waals surface area contributed by atoms with Gasteiger partial charge >= 0.3 is 0 Å². The zero-order valence-electron chi connectivity index (χ0n) is 14.3. The second-order valence-electron chi connectivity index (χ2n) is 6.17. The molecule has 0 aromatic carbocycles. The summed E-state index contributed by atoms with van der Waals surface area (Å²) >= 11 is 9.39. The van der Waals surface area contributed by atoms with Gasteiger partial charge in [0.25, 0.3) is 0 Å². The molecule has 0 aliphatic rings. The summed E-state index contributed by atoms with van der Waals surface area (Å²) in [5.74, 6) is 0.715. The summed E-state index contributed by atoms with van der Waals surface area (Å²) in [6.45, 7) is 0. The van der Waals surface area contributed by atoms with Gasteiger partial charge in [0.1, 0.15) is 0 Å². The molecule has 0 atom stereocenters. The monoisotopic (exact) mass is 440 g/mol. The van der Waals surface area contributed by atoms with Gasteiger partial charge in [0.2, 0.25) is 0 Å². The first-order valence-corrected chi connectivity index (χ1v) is 13.0. The van der Waals surface area contributed by atoms with Gasteiger partial charge in [-0.25, -0.2) is 0 Å². The van der Waals surface area contributed by atoms with Crippen LogP contribution >= 0.6 is 56.7 Å². The van der Waals surface area contributed by atoms with E-state index in [0.717, 1.165) is 0 Å². The Kier molecular flexibility index (Phi) is 5.12. The molecule has 27 heavy (non-hydrogen) atoms. The first-order valence-electron chi connectivity index (χ1n) is 8.63. The minimum Gasteiger partial charge on any atom is -0.148 e. The van der Waals surface area contributed by atoms with Crippen LogP contribution in [0.4, 0.5) is 0 Å². The fourth-order valence-electron chi connectivity index (χ4n) is 3.34. The smallest absolute Gasteiger partial charge is 0.0621 e. The van der Waals surface area contributed by atoms with Crippen LogP contribution in [0.5, 0.6) is 0 Å². The van der Waals surface area contributed by atoms with Gasteiger partial charge in [-0.3, -0.25) is 0 Å². The van der Waals surface area contributed by atoms with Gasteiger partial charge in [0.05, 0.1) is 11.8 Å². The van der Waals surface area contributed by atoms with Crippen LogP contribution in [0.1, 0.15) is 41.1 Å². The van der Waals surface area contributed by atoms with Gasteiger partial charge in [-0.15, -0.1) is 56.7 Å². The highest BCUT2D eigenvalue weighted by atomic mass is 32.1. The molecule has 0 aliphatic heterocycles. The average molecular weight is 441 g/mol. The quantitative estimate of drug-likeness (QED) is 0.249. The van der Waals surface area contributed by atoms with Gasteiger partial charge in [0, 0.05) is 29.3 Å². The van der Waals surface area contributed by atoms with Crippen LogP contribution in [0, 0.1) is 0 Å². The van der Waals surface area contributed by atoms with Crippen molar-refractivity contribution in [2.24, 2.45) is 0 Å². The molecule has 0 aliphatic carbocycles. The molecular formula is C22H16S5. The summed E-state index contributed by atoms with van der Waals surface area (Å²) in [6.07, 6.45) is 0. The maximum absolute atomic E-state index is 2.35. The van der Waals surface area contributed by atoms with Crippen molar-refractivity contribution in [3.05, 3.63) is 111 Å². The zero-order valence-corrected chi connectivity index (χ0v) is 18.4. The molecule has 134 valence electrons. The summed E-state index contributed by atoms with van der Waals surface area (Å²) < 4.78 is 0. The van der Waals surface area contributed by atoms with E-state index in [2.05, 4.69) is 82.2 Å². The van der Waals surface area contributed by atoms with Crippen molar-refractivity contribution in [3.8, 4) is 0 Å². The zero-order chi connectivity index (χ0) is 18.1. The van der Waals surface area contributed by atoms with E-state index >= 15 is 0 Å². The van der Waals surface area contributed by atoms with Gasteiger partial charge in [-0.1, -0.05) is 24.3 Å². The van der Waals surface area contributed by atoms with Crippen LogP contribution in [0.3, 0.4) is 0 Å². The normalized spacial score (nSPS) is 11.6. The highest BCUT2D eigenvalue weighted by Crippen LogP contribution is 2.45. The molecule has 0 N–H and O–H groups in total. The molecule has 0 bridgehead atoms. The van der Waals surface area contributed by atoms with Gasteiger partial charge in [-0.2, -0.15) is 0 Å². The van der Waals surface area contributed by atoms with Crippen molar-refractivity contribution in [2.45, 2.75) is 11.8 Å². The molecule has 0 radical (unpaired) electrons. The molecule has 5 heterocycles. The number of hydrogen-bond donors (Lipinski definition) is 0. The van der Waals surface area contributed by atoms with Crippen molar-refractivity contribution in [1.82, 2.24) is 0 Å². The predicted octanol–water partition coefficient (Wildman–Crippen LogP) is 8.35. The topological polar surface area (TPSA) is 0 Å². The second kappa shape index (κ2) is 7.86. The molecule has 5 rings (SSSR count). The number of thiophene rings is 5. The summed E-state index contributed by atoms with van der Waals surface area (Å²) in [4.78, 5) is 8.58. The summed E-state index contributed by atoms with van der Waals surface area (Å²) in [6, 6.07) is 22.4. The fourth-order valence-corrected chi connectivity index (χ4v) is 8.52. The predicted molar refractivity (Wildman–Crippen MR) is 123 cm³/mol. The van der Waals surface area contributed by atoms with Crippen molar-refractivity contribution in [2.75, 3.05) is 0 Å². The Balaban J connectivity index is 1.58. The van der Waals surface area contributed by atoms with Crippen LogP contribution in [0.15, 0.2) is 82.2 Å². The molecule has 0 saturated carbocycles. The van der Waals surface area contributed by atoms with Crippen LogP contribution in [0.25, 0.3) is 0 Å². The lowest BCUT2D eigenvalue weighted by Gasteiger charge is -2.14. The maximum atomic E-state index is 2.35. The standard InChI is InChI=1S/C22H16S5/c1-5-15(23-11-1)21(16-6-2-12-24-16)19-9-10-20(27-19)22(17-7-3-13-25-17)18-8-4-14-26-18/h1-14,21-22H. The molecule has 5 heteroatoms. The Morgan fingerprint density at radius 3 is 1.00 bits per heavy atom. The van der Waals surface area contributed by atoms with E-state index in [-0.39, 0.29) is 0 Å². The van der Waals surface area contributed by atoms with Crippen molar-refractivity contribution < 1.29 is 0 Å². The molecule has 0 fully saturated rings. The van der Waals surface area contributed by atoms with Crippen LogP contribution in [0.2, 0.25) is 0 Å². The third-order valence-corrected chi connectivity index (χ3v) is 9.49. The largest absolute Gasteiger partial charge is 0.148 e. The summed E-state index contributed by atoms with van der Waals surface area (Å²) in [7, 11) is 0. The highest BCUT2D eigenvalue weighted by Gasteiger charge is 2.25. The third kappa shape index (κ3) is 3.50. The lowest BCUT2D eigenvalue weighted by Crippen LogP contribution is -1.97. The number of rotatable bonds is 6. The minimum atomic E-state index is 0.357. The van der Waals surface area contributed by atoms with Crippen LogP contribution < -0.4 is 0 Å². The van der Waals surface area contributed by atoms with Crippen molar-refractivity contribution in [1.29, 1.82) is 0 Å². The van der Waals surface area contributed by atoms with Gasteiger partial charge < -0.3 is 0 Å². The summed E-state index contributed by atoms with van der Waals surface area (Å²) in [5.41, 5.74) is 0. The lowest BCUT2D eigenvalue weighted by atomic mass is 10.0. The van der Waals surface area contributed by atoms with E-state index in [1.54, 1.807) is 0 Å². The molecule has 0 nitrogen and oxygen atoms in total. The van der Waals surface area contributed by atoms with Gasteiger partial charge in [-0.05, 0) is 57.9 Å². The van der Waals surface area contributed by atoms with E-state index in [4.69, 9.17) is 0 Å². The van der Waals surface area contributed by atoms with E-state index in [9.17, 15) is 0 Å². The molecular weight excluding hydrogens is 425 g/mol. The lowest BCUT2D eigenvalue weighted by molar-refractivity contribution is 1.07. The van der Waals surface area contributed by atoms with E-state index in [0.29, 0.717) is 11.8 Å². The maximum Gasteiger partial charge on any atom is 0.0621 e. The molecule has 5 aromatic heterocycles. The number of hydrogen-bond acceptors (Lipinski definition) is 5. The summed E-state index contributed by atoms with van der Waals surface area (Å²) in [5, 5.41) is 8.74. The molecule has 0 spiro atoms. The molecule has 0 saturated heterocycles. The fraction of sp³-hybridized carbons (Fsp3) is 0.0909. The Bertz CT molecular complexity index is 909. The second-order valence-corrected chi connectivity index (χ2v) is 11.2. The minimum absolute atomic E-state index is 0.357. The van der Waals surface area contributed by atoms with Crippen molar-refractivity contribution >= 4 is 56.7 Å². The van der Waals surface area contributed by atoms with Crippen LogP contribution in [-0.4, -0.2) is 0 Å². The first-order chi connectivity index (χ1) is 13.4. The molecule has 0 amide bonds. The van der Waals surface area contributed by atoms with Crippen LogP contribution in [-0.2, 0) is 0 Å². The third-order valence-electron chi connectivity index (χ3n) is 4.53. The Morgan fingerprint density at radius 1 is 0.407 bits per heavy atom. The Morgan fingerprint density at radius 2 is 0.741 bits per heavy atom. The van der Waals surface area contributed by atoms with E-state index in [1.165, 1.54) is 29.3 Å². The Hall–Kier alpha value is -1.50. The molecule has 5 aromatic rings. The van der Waals surface area contributed by atoms with Crippen molar-refractivity contribution in [3.63, 3.8) is 0 Å². The highest BCUT2D eigenvalue weighted by molar-refractivity contribution is 7.15.